The zero-order valence-electron chi connectivity index (χ0n) is 39.7. The first kappa shape index (κ1) is 57.6. The molecule has 0 N–H and O–H groups in total. The lowest BCUT2D eigenvalue weighted by Crippen LogP contribution is -2.30. The third-order valence-electron chi connectivity index (χ3n) is 10.5. The van der Waals surface area contributed by atoms with Gasteiger partial charge in [0.05, 0.1) is 0 Å². The zero-order valence-corrected chi connectivity index (χ0v) is 39.7. The third-order valence-corrected chi connectivity index (χ3v) is 10.5. The van der Waals surface area contributed by atoms with Crippen LogP contribution in [0.4, 0.5) is 0 Å². The largest absolute Gasteiger partial charge is 0.462 e. The molecule has 0 radical (unpaired) electrons. The van der Waals surface area contributed by atoms with Crippen LogP contribution in [0, 0.1) is 0 Å². The number of allylic oxidation sites excluding steroid dienone is 14. The fraction of sp³-hybridized carbons (Fsp3) is 0.691. The minimum atomic E-state index is -0.807. The maximum absolute atomic E-state index is 12.8. The number of hydrogen-bond donors (Lipinski definition) is 0. The molecule has 0 rings (SSSR count). The van der Waals surface area contributed by atoms with Crippen molar-refractivity contribution in [2.45, 2.75) is 232 Å². The van der Waals surface area contributed by atoms with Crippen LogP contribution in [0.1, 0.15) is 226 Å². The van der Waals surface area contributed by atoms with Crippen molar-refractivity contribution < 1.29 is 28.6 Å². The second kappa shape index (κ2) is 49.2. The molecule has 0 saturated heterocycles. The smallest absolute Gasteiger partial charge is 0.306 e. The van der Waals surface area contributed by atoms with E-state index in [0.717, 1.165) is 57.8 Å². The van der Waals surface area contributed by atoms with E-state index in [-0.39, 0.29) is 37.5 Å². The van der Waals surface area contributed by atoms with Gasteiger partial charge in [-0.2, -0.15) is 0 Å². The van der Waals surface area contributed by atoms with E-state index < -0.39 is 6.10 Å². The molecule has 1 unspecified atom stereocenters. The van der Waals surface area contributed by atoms with E-state index in [0.29, 0.717) is 19.3 Å². The Morgan fingerprint density at radius 1 is 0.344 bits per heavy atom. The van der Waals surface area contributed by atoms with Crippen LogP contribution < -0.4 is 0 Å². The summed E-state index contributed by atoms with van der Waals surface area (Å²) >= 11 is 0. The standard InChI is InChI=1S/C55H92O6/c1-4-7-10-13-16-19-22-25-27-30-33-36-39-42-45-48-54(57)60-51-52(50-59-53(56)47-44-41-38-35-32-29-24-21-18-15-12-9-6-3)61-55(58)49-46-43-40-37-34-31-28-26-23-20-17-14-11-8-5-2/h9,12,15-16,18-19,21-22,24-25,29,32,35,38,52H,4-8,10-11,13-14,17,20,23,26-28,30-31,33-34,36-37,39-51H2,1-3H3/b12-9+,18-15+,19-16+,24-21+,25-22+,32-29+,38-35+. The second-order valence-corrected chi connectivity index (χ2v) is 16.5. The quantitative estimate of drug-likeness (QED) is 0.0263. The van der Waals surface area contributed by atoms with Gasteiger partial charge in [-0.05, 0) is 57.8 Å². The van der Waals surface area contributed by atoms with E-state index in [1.54, 1.807) is 0 Å². The van der Waals surface area contributed by atoms with Crippen molar-refractivity contribution in [2.75, 3.05) is 13.2 Å². The fourth-order valence-electron chi connectivity index (χ4n) is 6.76. The molecule has 0 bridgehead atoms. The van der Waals surface area contributed by atoms with Crippen molar-refractivity contribution in [3.63, 3.8) is 0 Å². The van der Waals surface area contributed by atoms with Gasteiger partial charge in [-0.25, -0.2) is 0 Å². The molecule has 0 saturated carbocycles. The summed E-state index contributed by atoms with van der Waals surface area (Å²) in [4.78, 5) is 37.9. The van der Waals surface area contributed by atoms with Crippen LogP contribution in [0.2, 0.25) is 0 Å². The molecule has 0 heterocycles. The molecule has 6 heteroatoms. The molecule has 0 aromatic rings. The van der Waals surface area contributed by atoms with Gasteiger partial charge in [0, 0.05) is 19.3 Å². The van der Waals surface area contributed by atoms with Gasteiger partial charge >= 0.3 is 17.9 Å². The molecular formula is C55H92O6. The normalized spacial score (nSPS) is 12.8. The number of hydrogen-bond acceptors (Lipinski definition) is 6. The maximum atomic E-state index is 12.8. The Balaban J connectivity index is 4.49. The maximum Gasteiger partial charge on any atom is 0.306 e. The van der Waals surface area contributed by atoms with Gasteiger partial charge in [0.1, 0.15) is 13.2 Å². The van der Waals surface area contributed by atoms with Crippen LogP contribution in [0.3, 0.4) is 0 Å². The summed E-state index contributed by atoms with van der Waals surface area (Å²) in [6.07, 6.45) is 62.8. The first-order valence-electron chi connectivity index (χ1n) is 25.2. The van der Waals surface area contributed by atoms with Crippen molar-refractivity contribution in [1.29, 1.82) is 0 Å². The van der Waals surface area contributed by atoms with Gasteiger partial charge in [0.15, 0.2) is 6.10 Å². The van der Waals surface area contributed by atoms with E-state index >= 15 is 0 Å². The molecule has 0 aromatic carbocycles. The average Bonchev–Trinajstić information content (AvgIpc) is 3.26. The number of esters is 3. The predicted molar refractivity (Wildman–Crippen MR) is 261 cm³/mol. The lowest BCUT2D eigenvalue weighted by Gasteiger charge is -2.18. The summed E-state index contributed by atoms with van der Waals surface area (Å²) in [6.45, 7) is 6.39. The highest BCUT2D eigenvalue weighted by molar-refractivity contribution is 5.71. The minimum Gasteiger partial charge on any atom is -0.462 e. The van der Waals surface area contributed by atoms with Gasteiger partial charge in [-0.3, -0.25) is 14.4 Å². The van der Waals surface area contributed by atoms with E-state index in [4.69, 9.17) is 14.2 Å². The van der Waals surface area contributed by atoms with Crippen LogP contribution in [-0.2, 0) is 28.6 Å². The lowest BCUT2D eigenvalue weighted by molar-refractivity contribution is -0.167. The number of carbonyl (C=O) groups is 3. The van der Waals surface area contributed by atoms with Crippen molar-refractivity contribution in [3.05, 3.63) is 85.1 Å². The Labute approximate surface area is 375 Å². The SMILES string of the molecule is CC/C=C/C=C/C=C/C=C/C=C/CCCC(=O)OCC(COC(=O)CCCCCCCC/C=C/C=C/CCCCC)OC(=O)CCCCCCCCCCCCCCCCC. The molecule has 6 nitrogen and oxygen atoms in total. The van der Waals surface area contributed by atoms with Gasteiger partial charge in [0.25, 0.3) is 0 Å². The summed E-state index contributed by atoms with van der Waals surface area (Å²) in [5.74, 6) is -0.991. The Hall–Kier alpha value is -3.41. The zero-order chi connectivity index (χ0) is 44.4. The van der Waals surface area contributed by atoms with E-state index in [1.165, 1.54) is 122 Å². The highest BCUT2D eigenvalue weighted by Crippen LogP contribution is 2.15. The molecular weight excluding hydrogens is 757 g/mol. The summed E-state index contributed by atoms with van der Waals surface area (Å²) in [7, 11) is 0. The molecule has 0 aromatic heterocycles. The fourth-order valence-corrected chi connectivity index (χ4v) is 6.76. The summed E-state index contributed by atoms with van der Waals surface area (Å²) < 4.78 is 16.7. The molecule has 0 aliphatic rings. The molecule has 0 aliphatic heterocycles. The van der Waals surface area contributed by atoms with E-state index in [1.807, 2.05) is 54.7 Å². The molecule has 1 atom stereocenters. The molecule has 0 spiro atoms. The summed E-state index contributed by atoms with van der Waals surface area (Å²) in [5.41, 5.74) is 0. The number of carbonyl (C=O) groups excluding carboxylic acids is 3. The van der Waals surface area contributed by atoms with Crippen molar-refractivity contribution in [3.8, 4) is 0 Å². The Morgan fingerprint density at radius 2 is 0.656 bits per heavy atom. The number of unbranched alkanes of at least 4 members (excludes halogenated alkanes) is 24. The third kappa shape index (κ3) is 47.5. The van der Waals surface area contributed by atoms with Crippen molar-refractivity contribution >= 4 is 17.9 Å². The first-order chi connectivity index (χ1) is 30.0. The van der Waals surface area contributed by atoms with Gasteiger partial charge in [0.2, 0.25) is 0 Å². The summed E-state index contributed by atoms with van der Waals surface area (Å²) in [5, 5.41) is 0. The van der Waals surface area contributed by atoms with Gasteiger partial charge in [-0.1, -0.05) is 234 Å². The molecule has 348 valence electrons. The number of rotatable bonds is 44. The van der Waals surface area contributed by atoms with Crippen LogP contribution in [0.25, 0.3) is 0 Å². The van der Waals surface area contributed by atoms with Crippen LogP contribution >= 0.6 is 0 Å². The minimum absolute atomic E-state index is 0.104. The van der Waals surface area contributed by atoms with Gasteiger partial charge < -0.3 is 14.2 Å². The highest BCUT2D eigenvalue weighted by atomic mass is 16.6. The van der Waals surface area contributed by atoms with E-state index in [2.05, 4.69) is 51.2 Å². The topological polar surface area (TPSA) is 78.9 Å². The first-order valence-corrected chi connectivity index (χ1v) is 25.2. The monoisotopic (exact) mass is 849 g/mol. The number of ether oxygens (including phenoxy) is 3. The Morgan fingerprint density at radius 3 is 1.11 bits per heavy atom. The van der Waals surface area contributed by atoms with Crippen LogP contribution in [0.5, 0.6) is 0 Å². The van der Waals surface area contributed by atoms with E-state index in [9.17, 15) is 14.4 Å². The van der Waals surface area contributed by atoms with Crippen LogP contribution in [0.15, 0.2) is 85.1 Å². The second-order valence-electron chi connectivity index (χ2n) is 16.5. The molecule has 0 fully saturated rings. The van der Waals surface area contributed by atoms with Crippen LogP contribution in [-0.4, -0.2) is 37.2 Å². The van der Waals surface area contributed by atoms with Crippen molar-refractivity contribution in [2.24, 2.45) is 0 Å². The van der Waals surface area contributed by atoms with Gasteiger partial charge in [-0.15, -0.1) is 0 Å². The van der Waals surface area contributed by atoms with Crippen molar-refractivity contribution in [1.82, 2.24) is 0 Å². The lowest BCUT2D eigenvalue weighted by atomic mass is 10.0. The predicted octanol–water partition coefficient (Wildman–Crippen LogP) is 16.4. The molecule has 0 amide bonds. The molecule has 61 heavy (non-hydrogen) atoms. The Bertz CT molecular complexity index is 1200. The molecule has 0 aliphatic carbocycles. The Kier molecular flexibility index (Phi) is 46.5. The average molecular weight is 849 g/mol. The highest BCUT2D eigenvalue weighted by Gasteiger charge is 2.19. The summed E-state index contributed by atoms with van der Waals surface area (Å²) in [6, 6.07) is 0.